The quantitative estimate of drug-likeness (QED) is 0.611. The van der Waals surface area contributed by atoms with E-state index >= 15 is 0 Å². The molecule has 1 aromatic carbocycles. The fourth-order valence-electron chi connectivity index (χ4n) is 1.28. The highest BCUT2D eigenvalue weighted by molar-refractivity contribution is 5.59. The Morgan fingerprint density at radius 3 is 2.63 bits per heavy atom. The number of nitrogens with two attached hydrogens (primary N) is 1. The van der Waals surface area contributed by atoms with Crippen molar-refractivity contribution >= 4 is 11.4 Å². The van der Waals surface area contributed by atoms with Crippen molar-refractivity contribution in [2.75, 3.05) is 25.5 Å². The van der Waals surface area contributed by atoms with Crippen molar-refractivity contribution in [3.63, 3.8) is 0 Å². The molecule has 0 aliphatic rings. The largest absolute Gasteiger partial charge is 0.490 e. The summed E-state index contributed by atoms with van der Waals surface area (Å²) >= 11 is 0. The van der Waals surface area contributed by atoms with Crippen molar-refractivity contribution in [1.29, 1.82) is 0 Å². The highest BCUT2D eigenvalue weighted by Crippen LogP contribution is 2.32. The first kappa shape index (κ1) is 15.0. The zero-order valence-electron chi connectivity index (χ0n) is 9.95. The maximum Gasteiger partial charge on any atom is 0.313 e. The van der Waals surface area contributed by atoms with Crippen molar-refractivity contribution in [2.45, 2.75) is 5.92 Å². The summed E-state index contributed by atoms with van der Waals surface area (Å²) in [6.07, 6.45) is 0. The summed E-state index contributed by atoms with van der Waals surface area (Å²) < 4.78 is 44.0. The molecule has 0 atom stereocenters. The Bertz CT molecular complexity index is 483. The van der Waals surface area contributed by atoms with E-state index in [0.717, 1.165) is 13.2 Å². The van der Waals surface area contributed by atoms with Gasteiger partial charge in [0.25, 0.3) is 5.92 Å². The van der Waals surface area contributed by atoms with Crippen molar-refractivity contribution in [1.82, 2.24) is 0 Å². The molecular weight excluding hydrogens is 267 g/mol. The number of nitro groups is 1. The van der Waals surface area contributed by atoms with Gasteiger partial charge in [0.15, 0.2) is 11.6 Å². The molecule has 0 heterocycles. The van der Waals surface area contributed by atoms with E-state index in [-0.39, 0.29) is 11.4 Å². The van der Waals surface area contributed by atoms with Crippen molar-refractivity contribution in [3.05, 3.63) is 28.1 Å². The Morgan fingerprint density at radius 1 is 1.53 bits per heavy atom. The molecule has 1 rings (SSSR count). The van der Waals surface area contributed by atoms with Crippen LogP contribution < -0.4 is 15.8 Å². The number of hydrogen-bond donors (Lipinski definition) is 2. The van der Waals surface area contributed by atoms with Gasteiger partial charge in [0.05, 0.1) is 36.9 Å². The number of methoxy groups -OCH3 is 1. The zero-order valence-corrected chi connectivity index (χ0v) is 9.95. The summed E-state index contributed by atoms with van der Waals surface area (Å²) in [5.74, 6) is -4.47. The van der Waals surface area contributed by atoms with E-state index in [4.69, 9.17) is 10.5 Å². The molecule has 0 aliphatic carbocycles. The van der Waals surface area contributed by atoms with Crippen LogP contribution in [0.2, 0.25) is 0 Å². The molecule has 0 aromatic heterocycles. The van der Waals surface area contributed by atoms with Gasteiger partial charge in [0, 0.05) is 6.07 Å². The van der Waals surface area contributed by atoms with Crippen LogP contribution in [-0.4, -0.2) is 31.0 Å². The average molecular weight is 279 g/mol. The van der Waals surface area contributed by atoms with E-state index in [1.165, 1.54) is 0 Å². The van der Waals surface area contributed by atoms with Crippen LogP contribution in [0.1, 0.15) is 0 Å². The minimum Gasteiger partial charge on any atom is -0.490 e. The number of alkyl halides is 2. The first-order valence-electron chi connectivity index (χ1n) is 5.14. The van der Waals surface area contributed by atoms with Crippen LogP contribution in [0.5, 0.6) is 5.75 Å². The van der Waals surface area contributed by atoms with Gasteiger partial charge in [-0.15, -0.1) is 0 Å². The predicted molar refractivity (Wildman–Crippen MR) is 62.1 cm³/mol. The van der Waals surface area contributed by atoms with E-state index in [9.17, 15) is 23.3 Å². The SMILES string of the molecule is COc1cc(NCC(F)(F)CN)c(F)cc1[N+](=O)[O-]. The topological polar surface area (TPSA) is 90.4 Å². The van der Waals surface area contributed by atoms with E-state index in [1.807, 2.05) is 0 Å². The lowest BCUT2D eigenvalue weighted by molar-refractivity contribution is -0.385. The lowest BCUT2D eigenvalue weighted by Gasteiger charge is -2.16. The maximum atomic E-state index is 13.5. The van der Waals surface area contributed by atoms with E-state index in [1.54, 1.807) is 0 Å². The molecule has 0 saturated heterocycles. The lowest BCUT2D eigenvalue weighted by Crippen LogP contribution is -2.35. The van der Waals surface area contributed by atoms with Gasteiger partial charge in [0.1, 0.15) is 0 Å². The number of nitrogens with one attached hydrogen (secondary N) is 1. The van der Waals surface area contributed by atoms with Gasteiger partial charge in [-0.3, -0.25) is 10.1 Å². The van der Waals surface area contributed by atoms with Crippen LogP contribution in [-0.2, 0) is 0 Å². The minimum atomic E-state index is -3.21. The molecule has 6 nitrogen and oxygen atoms in total. The van der Waals surface area contributed by atoms with Crippen LogP contribution in [0.25, 0.3) is 0 Å². The van der Waals surface area contributed by atoms with Gasteiger partial charge < -0.3 is 15.8 Å². The summed E-state index contributed by atoms with van der Waals surface area (Å²) in [5.41, 5.74) is 3.92. The number of nitro benzene ring substituents is 1. The third-order valence-corrected chi connectivity index (χ3v) is 2.30. The van der Waals surface area contributed by atoms with Crippen molar-refractivity contribution in [2.24, 2.45) is 5.73 Å². The van der Waals surface area contributed by atoms with Crippen LogP contribution in [0.4, 0.5) is 24.5 Å². The van der Waals surface area contributed by atoms with Crippen molar-refractivity contribution < 1.29 is 22.8 Å². The van der Waals surface area contributed by atoms with Gasteiger partial charge in [-0.2, -0.15) is 0 Å². The Kier molecular flexibility index (Phi) is 4.54. The second-order valence-corrected chi connectivity index (χ2v) is 3.67. The summed E-state index contributed by atoms with van der Waals surface area (Å²) in [5, 5.41) is 12.7. The summed E-state index contributed by atoms with van der Waals surface area (Å²) in [6, 6.07) is 1.54. The van der Waals surface area contributed by atoms with Gasteiger partial charge >= 0.3 is 5.69 Å². The number of rotatable bonds is 6. The minimum absolute atomic E-state index is 0.232. The molecule has 0 amide bonds. The molecule has 106 valence electrons. The fraction of sp³-hybridized carbons (Fsp3) is 0.400. The third kappa shape index (κ3) is 3.71. The van der Waals surface area contributed by atoms with Crippen molar-refractivity contribution in [3.8, 4) is 5.75 Å². The normalized spacial score (nSPS) is 11.2. The molecule has 1 aromatic rings. The first-order chi connectivity index (χ1) is 8.80. The smallest absolute Gasteiger partial charge is 0.313 e. The molecule has 0 aliphatic heterocycles. The Hall–Kier alpha value is -2.03. The summed E-state index contributed by atoms with van der Waals surface area (Å²) in [6.45, 7) is -1.78. The van der Waals surface area contributed by atoms with Crippen LogP contribution in [0.15, 0.2) is 12.1 Å². The van der Waals surface area contributed by atoms with Crippen LogP contribution in [0, 0.1) is 15.9 Å². The van der Waals surface area contributed by atoms with Gasteiger partial charge in [-0.05, 0) is 0 Å². The molecule has 0 saturated carbocycles. The molecule has 0 spiro atoms. The monoisotopic (exact) mass is 279 g/mol. The molecule has 0 bridgehead atoms. The average Bonchev–Trinajstić information content (AvgIpc) is 2.36. The Labute approximate surface area is 106 Å². The Morgan fingerprint density at radius 2 is 2.16 bits per heavy atom. The summed E-state index contributed by atoms with van der Waals surface area (Å²) in [4.78, 5) is 9.78. The number of anilines is 1. The lowest BCUT2D eigenvalue weighted by atomic mass is 10.2. The molecule has 0 radical (unpaired) electrons. The predicted octanol–water partition coefficient (Wildman–Crippen LogP) is 1.75. The number of ether oxygens (including phenoxy) is 1. The molecule has 19 heavy (non-hydrogen) atoms. The number of halogens is 3. The number of hydrogen-bond acceptors (Lipinski definition) is 5. The molecular formula is C10H12F3N3O3. The Balaban J connectivity index is 3.00. The standard InChI is InChI=1S/C10H12F3N3O3/c1-19-9-3-7(15-5-10(12,13)4-14)6(11)2-8(9)16(17)18/h2-3,15H,4-5,14H2,1H3. The number of benzene rings is 1. The van der Waals surface area contributed by atoms with Gasteiger partial charge in [0.2, 0.25) is 0 Å². The van der Waals surface area contributed by atoms with E-state index < -0.39 is 35.4 Å². The van der Waals surface area contributed by atoms with Crippen LogP contribution in [0.3, 0.4) is 0 Å². The third-order valence-electron chi connectivity index (χ3n) is 2.30. The second-order valence-electron chi connectivity index (χ2n) is 3.67. The van der Waals surface area contributed by atoms with E-state index in [0.29, 0.717) is 6.07 Å². The molecule has 0 fully saturated rings. The highest BCUT2D eigenvalue weighted by Gasteiger charge is 2.27. The zero-order chi connectivity index (χ0) is 14.6. The highest BCUT2D eigenvalue weighted by atomic mass is 19.3. The van der Waals surface area contributed by atoms with Gasteiger partial charge in [-0.25, -0.2) is 13.2 Å². The first-order valence-corrected chi connectivity index (χ1v) is 5.14. The van der Waals surface area contributed by atoms with E-state index in [2.05, 4.69) is 5.32 Å². The van der Waals surface area contributed by atoms with Crippen LogP contribution >= 0.6 is 0 Å². The maximum absolute atomic E-state index is 13.5. The second kappa shape index (κ2) is 5.74. The fourth-order valence-corrected chi connectivity index (χ4v) is 1.28. The molecule has 9 heteroatoms. The molecule has 3 N–H and O–H groups in total. The number of nitrogens with zero attached hydrogens (tertiary/aromatic N) is 1. The summed E-state index contributed by atoms with van der Waals surface area (Å²) in [7, 11) is 1.15. The molecule has 0 unspecified atom stereocenters. The van der Waals surface area contributed by atoms with Gasteiger partial charge in [-0.1, -0.05) is 0 Å².